The molecule has 3 aromatic rings. The number of carboxylic acids is 1. The van der Waals surface area contributed by atoms with Gasteiger partial charge in [-0.3, -0.25) is 0 Å². The van der Waals surface area contributed by atoms with Gasteiger partial charge in [-0.1, -0.05) is 18.2 Å². The van der Waals surface area contributed by atoms with Gasteiger partial charge >= 0.3 is 11.7 Å². The smallest absolute Gasteiger partial charge is 0.345 e. The van der Waals surface area contributed by atoms with Gasteiger partial charge in [-0.15, -0.1) is 0 Å². The molecule has 1 aromatic heterocycles. The third-order valence-corrected chi connectivity index (χ3v) is 3.68. The molecule has 0 aliphatic heterocycles. The van der Waals surface area contributed by atoms with Gasteiger partial charge in [0.15, 0.2) is 0 Å². The van der Waals surface area contributed by atoms with E-state index in [1.165, 1.54) is 12.1 Å². The van der Waals surface area contributed by atoms with Crippen LogP contribution in [-0.4, -0.2) is 26.2 Å². The lowest BCUT2D eigenvalue weighted by Gasteiger charge is -2.08. The van der Waals surface area contributed by atoms with Gasteiger partial charge in [-0.2, -0.15) is 4.98 Å². The Morgan fingerprint density at radius 3 is 2.58 bits per heavy atom. The number of rotatable bonds is 3. The number of carbonyl (C=O) groups is 1. The molecular formula is C18H14N2O4. The number of aryl methyl sites for hydroxylation is 1. The Hall–Kier alpha value is -3.41. The molecule has 2 aromatic carbocycles. The molecule has 6 heteroatoms. The van der Waals surface area contributed by atoms with E-state index in [4.69, 9.17) is 0 Å². The first-order valence-electron chi connectivity index (χ1n) is 7.20. The number of aromatic carboxylic acids is 1. The molecule has 0 unspecified atom stereocenters. The summed E-state index contributed by atoms with van der Waals surface area (Å²) in [5.41, 5.74) is 2.00. The number of nitrogens with zero attached hydrogens (tertiary/aromatic N) is 1. The fraction of sp³-hybridized carbons (Fsp3) is 0.0556. The van der Waals surface area contributed by atoms with Crippen LogP contribution in [0.15, 0.2) is 53.3 Å². The largest absolute Gasteiger partial charge is 0.508 e. The Labute approximate surface area is 137 Å². The van der Waals surface area contributed by atoms with Crippen molar-refractivity contribution in [2.75, 3.05) is 0 Å². The van der Waals surface area contributed by atoms with Crippen molar-refractivity contribution < 1.29 is 15.0 Å². The van der Waals surface area contributed by atoms with Crippen LogP contribution >= 0.6 is 0 Å². The first-order valence-corrected chi connectivity index (χ1v) is 7.20. The van der Waals surface area contributed by atoms with Crippen molar-refractivity contribution in [2.24, 2.45) is 0 Å². The molecule has 0 atom stereocenters. The minimum atomic E-state index is -1.08. The van der Waals surface area contributed by atoms with Crippen LogP contribution in [0.4, 0.5) is 0 Å². The number of H-pyrrole nitrogens is 1. The van der Waals surface area contributed by atoms with E-state index in [1.807, 2.05) is 0 Å². The maximum atomic E-state index is 11.9. The molecular weight excluding hydrogens is 308 g/mol. The van der Waals surface area contributed by atoms with Crippen molar-refractivity contribution in [2.45, 2.75) is 6.92 Å². The fourth-order valence-electron chi connectivity index (χ4n) is 2.47. The van der Waals surface area contributed by atoms with E-state index < -0.39 is 11.7 Å². The third kappa shape index (κ3) is 2.89. The molecule has 120 valence electrons. The van der Waals surface area contributed by atoms with Crippen molar-refractivity contribution in [3.05, 3.63) is 70.1 Å². The van der Waals surface area contributed by atoms with Gasteiger partial charge in [0, 0.05) is 11.1 Å². The van der Waals surface area contributed by atoms with Crippen molar-refractivity contribution in [1.29, 1.82) is 0 Å². The fourth-order valence-corrected chi connectivity index (χ4v) is 2.47. The van der Waals surface area contributed by atoms with E-state index in [2.05, 4.69) is 9.97 Å². The Morgan fingerprint density at radius 1 is 1.12 bits per heavy atom. The summed E-state index contributed by atoms with van der Waals surface area (Å²) in [5.74, 6) is -0.926. The Balaban J connectivity index is 2.19. The van der Waals surface area contributed by atoms with Gasteiger partial charge in [0.1, 0.15) is 5.75 Å². The van der Waals surface area contributed by atoms with E-state index in [9.17, 15) is 19.8 Å². The third-order valence-electron chi connectivity index (χ3n) is 3.68. The summed E-state index contributed by atoms with van der Waals surface area (Å²) in [7, 11) is 0. The molecule has 0 fully saturated rings. The molecule has 3 N–H and O–H groups in total. The first-order chi connectivity index (χ1) is 11.5. The molecule has 0 spiro atoms. The van der Waals surface area contributed by atoms with Crippen LogP contribution in [0.25, 0.3) is 22.5 Å². The lowest BCUT2D eigenvalue weighted by molar-refractivity contribution is 0.0697. The van der Waals surface area contributed by atoms with Gasteiger partial charge < -0.3 is 15.2 Å². The maximum absolute atomic E-state index is 11.9. The number of aromatic nitrogens is 2. The van der Waals surface area contributed by atoms with Crippen LogP contribution in [0.5, 0.6) is 5.75 Å². The second-order valence-electron chi connectivity index (χ2n) is 5.34. The molecule has 24 heavy (non-hydrogen) atoms. The summed E-state index contributed by atoms with van der Waals surface area (Å²) < 4.78 is 0. The van der Waals surface area contributed by atoms with E-state index in [0.717, 1.165) is 0 Å². The quantitative estimate of drug-likeness (QED) is 0.688. The van der Waals surface area contributed by atoms with Gasteiger partial charge in [0.25, 0.3) is 0 Å². The van der Waals surface area contributed by atoms with Crippen molar-refractivity contribution in [3.63, 3.8) is 0 Å². The molecule has 3 rings (SSSR count). The molecule has 0 aliphatic rings. The number of aromatic hydroxyl groups is 1. The average Bonchev–Trinajstić information content (AvgIpc) is 2.56. The van der Waals surface area contributed by atoms with E-state index >= 15 is 0 Å². The predicted molar refractivity (Wildman–Crippen MR) is 89.1 cm³/mol. The van der Waals surface area contributed by atoms with E-state index in [0.29, 0.717) is 28.1 Å². The van der Waals surface area contributed by atoms with Crippen molar-refractivity contribution in [3.8, 4) is 28.3 Å². The highest BCUT2D eigenvalue weighted by molar-refractivity contribution is 5.95. The summed E-state index contributed by atoms with van der Waals surface area (Å²) in [5, 5.41) is 18.9. The van der Waals surface area contributed by atoms with Crippen LogP contribution in [0.1, 0.15) is 15.9 Å². The van der Waals surface area contributed by atoms with Crippen LogP contribution in [0.3, 0.4) is 0 Å². The average molecular weight is 322 g/mol. The number of benzene rings is 2. The van der Waals surface area contributed by atoms with Gasteiger partial charge in [-0.05, 0) is 42.8 Å². The number of nitrogens with one attached hydrogen (secondary N) is 1. The number of hydrogen-bond acceptors (Lipinski definition) is 4. The zero-order chi connectivity index (χ0) is 17.3. The zero-order valence-corrected chi connectivity index (χ0v) is 12.8. The van der Waals surface area contributed by atoms with Crippen molar-refractivity contribution >= 4 is 5.97 Å². The molecule has 6 nitrogen and oxygen atoms in total. The molecule has 0 saturated carbocycles. The summed E-state index contributed by atoms with van der Waals surface area (Å²) in [4.78, 5) is 29.8. The molecule has 0 amide bonds. The van der Waals surface area contributed by atoms with Crippen LogP contribution in [0.2, 0.25) is 0 Å². The van der Waals surface area contributed by atoms with Gasteiger partial charge in [-0.25, -0.2) is 9.59 Å². The summed E-state index contributed by atoms with van der Waals surface area (Å²) in [6.45, 7) is 1.74. The standard InChI is InChI=1S/C18H14N2O4/c1-10-8-11(6-7-16(10)21)14-9-15(20-18(24)19-14)12-4-2-3-5-13(12)17(22)23/h2-9,21H,1H3,(H,22,23)(H,19,20,24). The lowest BCUT2D eigenvalue weighted by Crippen LogP contribution is -2.13. The number of carboxylic acid groups (broad SMARTS) is 1. The lowest BCUT2D eigenvalue weighted by atomic mass is 10.0. The highest BCUT2D eigenvalue weighted by Gasteiger charge is 2.13. The summed E-state index contributed by atoms with van der Waals surface area (Å²) in [6.07, 6.45) is 0. The van der Waals surface area contributed by atoms with Crippen LogP contribution in [-0.2, 0) is 0 Å². The minimum absolute atomic E-state index is 0.0900. The minimum Gasteiger partial charge on any atom is -0.508 e. The number of hydrogen-bond donors (Lipinski definition) is 3. The van der Waals surface area contributed by atoms with Gasteiger partial charge in [0.2, 0.25) is 0 Å². The Bertz CT molecular complexity index is 992. The SMILES string of the molecule is Cc1cc(-c2cc(-c3ccccc3C(=O)O)[nH]c(=O)n2)ccc1O. The summed E-state index contributed by atoms with van der Waals surface area (Å²) in [6, 6.07) is 12.9. The first kappa shape index (κ1) is 15.5. The van der Waals surface area contributed by atoms with Crippen LogP contribution < -0.4 is 5.69 Å². The highest BCUT2D eigenvalue weighted by Crippen LogP contribution is 2.27. The number of aromatic amines is 1. The maximum Gasteiger partial charge on any atom is 0.345 e. The molecule has 0 radical (unpaired) electrons. The molecule has 0 saturated heterocycles. The Kier molecular flexibility index (Phi) is 3.87. The van der Waals surface area contributed by atoms with Gasteiger partial charge in [0.05, 0.1) is 17.0 Å². The number of phenols is 1. The van der Waals surface area contributed by atoms with Crippen molar-refractivity contribution in [1.82, 2.24) is 9.97 Å². The Morgan fingerprint density at radius 2 is 1.88 bits per heavy atom. The van der Waals surface area contributed by atoms with Crippen LogP contribution in [0, 0.1) is 6.92 Å². The zero-order valence-electron chi connectivity index (χ0n) is 12.8. The predicted octanol–water partition coefficient (Wildman–Crippen LogP) is 2.82. The van der Waals surface area contributed by atoms with E-state index in [1.54, 1.807) is 43.3 Å². The number of phenolic OH excluding ortho intramolecular Hbond substituents is 1. The highest BCUT2D eigenvalue weighted by atomic mass is 16.4. The molecule has 0 bridgehead atoms. The second kappa shape index (κ2) is 6.00. The second-order valence-corrected chi connectivity index (χ2v) is 5.34. The van der Waals surface area contributed by atoms with E-state index in [-0.39, 0.29) is 11.3 Å². The normalized spacial score (nSPS) is 10.5. The monoisotopic (exact) mass is 322 g/mol. The molecule has 0 aliphatic carbocycles. The molecule has 1 heterocycles. The summed E-state index contributed by atoms with van der Waals surface area (Å²) >= 11 is 0. The topological polar surface area (TPSA) is 103 Å².